The van der Waals surface area contributed by atoms with Gasteiger partial charge in [0.15, 0.2) is 5.76 Å². The molecular weight excluding hydrogens is 687 g/mol. The molecule has 5 atom stereocenters. The number of alkyl halides is 3. The second-order valence-corrected chi connectivity index (χ2v) is 13.7. The van der Waals surface area contributed by atoms with Crippen LogP contribution in [0.4, 0.5) is 13.2 Å². The fourth-order valence-corrected chi connectivity index (χ4v) is 7.25. The minimum absolute atomic E-state index is 0.00880. The number of aliphatic hydroxyl groups excluding tert-OH is 2. The topological polar surface area (TPSA) is 140 Å². The summed E-state index contributed by atoms with van der Waals surface area (Å²) < 4.78 is 50.9. The number of hydrogen-bond donors (Lipinski definition) is 4. The lowest BCUT2D eigenvalue weighted by Gasteiger charge is -2.41. The number of para-hydroxylation sites is 1. The van der Waals surface area contributed by atoms with E-state index < -0.39 is 48.8 Å². The van der Waals surface area contributed by atoms with Crippen molar-refractivity contribution in [2.45, 2.75) is 49.9 Å². The highest BCUT2D eigenvalue weighted by Gasteiger charge is 2.38. The molecule has 2 aliphatic heterocycles. The van der Waals surface area contributed by atoms with Gasteiger partial charge in [0.2, 0.25) is 11.8 Å². The molecule has 0 radical (unpaired) electrons. The highest BCUT2D eigenvalue weighted by Crippen LogP contribution is 2.33. The SMILES string of the molecule is O=C(N[C@H]1c2ccccc2OC[C@H]1O)[C@H](Cc1ccsc1)C[C@H](O)CN1CCN(Cc2ccc(-c3ccccn3)o2)C[C@H]1C(=O)NCC(F)(F)F. The third-order valence-corrected chi connectivity index (χ3v) is 9.81. The molecule has 6 rings (SSSR count). The van der Waals surface area contributed by atoms with Crippen LogP contribution in [0.2, 0.25) is 0 Å². The molecule has 0 bridgehead atoms. The average molecular weight is 728 g/mol. The molecule has 2 aliphatic rings. The number of β-amino-alcohol motifs (C(OH)–C–C–N with tert-alkyl or cyclic N) is 1. The molecule has 2 amide bonds. The van der Waals surface area contributed by atoms with E-state index in [2.05, 4.69) is 10.3 Å². The fraction of sp³-hybridized carbons (Fsp3) is 0.417. The average Bonchev–Trinajstić information content (AvgIpc) is 3.81. The van der Waals surface area contributed by atoms with E-state index in [1.807, 2.05) is 39.2 Å². The largest absolute Gasteiger partial charge is 0.490 e. The van der Waals surface area contributed by atoms with Crippen LogP contribution in [0.15, 0.2) is 82.0 Å². The molecule has 3 aromatic heterocycles. The Morgan fingerprint density at radius 3 is 2.67 bits per heavy atom. The fourth-order valence-electron chi connectivity index (χ4n) is 6.57. The second kappa shape index (κ2) is 16.4. The number of nitrogens with one attached hydrogen (secondary N) is 2. The first-order valence-electron chi connectivity index (χ1n) is 16.7. The number of piperazine rings is 1. The summed E-state index contributed by atoms with van der Waals surface area (Å²) in [5.41, 5.74) is 2.21. The standard InChI is InChI=1S/C36H40F3N5O6S/c37-36(38,39)22-41-35(48)29-19-43(18-26-8-9-32(50-26)28-6-3-4-11-40-28)12-13-44(29)17-25(45)16-24(15-23-10-14-51-21-23)34(47)42-33-27-5-1-2-7-31(27)49-20-30(33)46/h1-11,14,21,24-25,29-30,33,45-46H,12-13,15-20,22H2,(H,41,48)(H,42,47)/t24-,25+,29+,30-,33+/m1/s1. The van der Waals surface area contributed by atoms with Crippen LogP contribution in [-0.4, -0.2) is 101 Å². The van der Waals surface area contributed by atoms with Crippen LogP contribution in [0.1, 0.15) is 29.3 Å². The first-order chi connectivity index (χ1) is 24.5. The lowest BCUT2D eigenvalue weighted by molar-refractivity contribution is -0.143. The van der Waals surface area contributed by atoms with Crippen LogP contribution >= 0.6 is 11.3 Å². The Morgan fingerprint density at radius 1 is 1.08 bits per heavy atom. The van der Waals surface area contributed by atoms with Gasteiger partial charge in [0.1, 0.15) is 42.5 Å². The van der Waals surface area contributed by atoms with E-state index in [1.54, 1.807) is 53.6 Å². The lowest BCUT2D eigenvalue weighted by Crippen LogP contribution is -2.60. The third-order valence-electron chi connectivity index (χ3n) is 9.08. The molecule has 11 nitrogen and oxygen atoms in total. The Bertz CT molecular complexity index is 1740. The number of carbonyl (C=O) groups is 2. The number of carbonyl (C=O) groups excluding carboxylic acids is 2. The van der Waals surface area contributed by atoms with Gasteiger partial charge in [-0.1, -0.05) is 24.3 Å². The number of halogens is 3. The Morgan fingerprint density at radius 2 is 1.90 bits per heavy atom. The van der Waals surface area contributed by atoms with E-state index in [4.69, 9.17) is 9.15 Å². The van der Waals surface area contributed by atoms with E-state index in [1.165, 1.54) is 11.3 Å². The molecule has 0 unspecified atom stereocenters. The molecule has 0 aliphatic carbocycles. The van der Waals surface area contributed by atoms with Crippen LogP contribution in [0.25, 0.3) is 11.5 Å². The number of hydrogen-bond acceptors (Lipinski definition) is 10. The zero-order valence-electron chi connectivity index (χ0n) is 27.7. The van der Waals surface area contributed by atoms with Crippen molar-refractivity contribution in [3.63, 3.8) is 0 Å². The summed E-state index contributed by atoms with van der Waals surface area (Å²) in [6.07, 6.45) is -4.68. The quantitative estimate of drug-likeness (QED) is 0.162. The molecule has 51 heavy (non-hydrogen) atoms. The first kappa shape index (κ1) is 36.5. The van der Waals surface area contributed by atoms with Crippen LogP contribution in [0, 0.1) is 5.92 Å². The molecular formula is C36H40F3N5O6S. The number of aliphatic hydroxyl groups is 2. The Balaban J connectivity index is 1.13. The number of amides is 2. The molecule has 1 fully saturated rings. The van der Waals surface area contributed by atoms with Crippen LogP contribution in [0.5, 0.6) is 5.75 Å². The van der Waals surface area contributed by atoms with E-state index in [9.17, 15) is 33.0 Å². The van der Waals surface area contributed by atoms with Gasteiger partial charge in [-0.25, -0.2) is 0 Å². The molecule has 4 N–H and O–H groups in total. The first-order valence-corrected chi connectivity index (χ1v) is 17.7. The number of aromatic nitrogens is 1. The van der Waals surface area contributed by atoms with Gasteiger partial charge in [0.05, 0.1) is 18.7 Å². The highest BCUT2D eigenvalue weighted by molar-refractivity contribution is 7.07. The van der Waals surface area contributed by atoms with Crippen LogP contribution < -0.4 is 15.4 Å². The van der Waals surface area contributed by atoms with Crippen molar-refractivity contribution in [3.05, 3.63) is 94.5 Å². The summed E-state index contributed by atoms with van der Waals surface area (Å²) in [5.74, 6) is -0.131. The van der Waals surface area contributed by atoms with Gasteiger partial charge < -0.3 is 30.0 Å². The van der Waals surface area contributed by atoms with Gasteiger partial charge >= 0.3 is 6.18 Å². The predicted molar refractivity (Wildman–Crippen MR) is 183 cm³/mol. The summed E-state index contributed by atoms with van der Waals surface area (Å²) in [4.78, 5) is 34.9. The van der Waals surface area contributed by atoms with Gasteiger partial charge in [-0.2, -0.15) is 24.5 Å². The summed E-state index contributed by atoms with van der Waals surface area (Å²) >= 11 is 1.48. The smallest absolute Gasteiger partial charge is 0.405 e. The maximum Gasteiger partial charge on any atom is 0.405 e. The van der Waals surface area contributed by atoms with Crippen molar-refractivity contribution < 1.29 is 42.1 Å². The summed E-state index contributed by atoms with van der Waals surface area (Å²) in [6.45, 7) is -0.370. The third kappa shape index (κ3) is 9.74. The number of pyridine rings is 1. The number of benzene rings is 1. The van der Waals surface area contributed by atoms with E-state index in [0.29, 0.717) is 48.0 Å². The van der Waals surface area contributed by atoms with Crippen molar-refractivity contribution in [2.24, 2.45) is 5.92 Å². The Labute approximate surface area is 297 Å². The summed E-state index contributed by atoms with van der Waals surface area (Å²) in [6, 6.07) is 16.4. The Kier molecular flexibility index (Phi) is 11.7. The van der Waals surface area contributed by atoms with E-state index in [0.717, 1.165) is 5.56 Å². The van der Waals surface area contributed by atoms with Crippen LogP contribution in [-0.2, 0) is 22.6 Å². The predicted octanol–water partition coefficient (Wildman–Crippen LogP) is 3.79. The number of rotatable bonds is 13. The second-order valence-electron chi connectivity index (χ2n) is 12.9. The van der Waals surface area contributed by atoms with Gasteiger partial charge in [-0.05, 0) is 65.6 Å². The Hall–Kier alpha value is -4.28. The zero-order chi connectivity index (χ0) is 36.0. The van der Waals surface area contributed by atoms with Crippen molar-refractivity contribution in [3.8, 4) is 17.2 Å². The number of thiophene rings is 1. The minimum Gasteiger partial charge on any atom is -0.490 e. The highest BCUT2D eigenvalue weighted by atomic mass is 32.1. The van der Waals surface area contributed by atoms with Crippen molar-refractivity contribution in [1.29, 1.82) is 0 Å². The normalized spacial score (nSPS) is 20.9. The zero-order valence-corrected chi connectivity index (χ0v) is 28.5. The van der Waals surface area contributed by atoms with Crippen LogP contribution in [0.3, 0.4) is 0 Å². The van der Waals surface area contributed by atoms with Gasteiger partial charge in [-0.15, -0.1) is 0 Å². The summed E-state index contributed by atoms with van der Waals surface area (Å²) in [7, 11) is 0. The maximum absolute atomic E-state index is 13.8. The van der Waals surface area contributed by atoms with Crippen molar-refractivity contribution in [2.75, 3.05) is 39.3 Å². The van der Waals surface area contributed by atoms with Gasteiger partial charge in [0.25, 0.3) is 0 Å². The van der Waals surface area contributed by atoms with E-state index >= 15 is 0 Å². The van der Waals surface area contributed by atoms with Gasteiger partial charge in [0, 0.05) is 43.9 Å². The molecule has 0 saturated carbocycles. The molecule has 1 aromatic carbocycles. The molecule has 15 heteroatoms. The molecule has 272 valence electrons. The monoisotopic (exact) mass is 727 g/mol. The van der Waals surface area contributed by atoms with Crippen molar-refractivity contribution >= 4 is 23.2 Å². The molecule has 0 spiro atoms. The number of nitrogens with zero attached hydrogens (tertiary/aromatic N) is 3. The number of fused-ring (bicyclic) bond motifs is 1. The maximum atomic E-state index is 13.8. The lowest BCUT2D eigenvalue weighted by atomic mass is 9.91. The molecule has 5 heterocycles. The van der Waals surface area contributed by atoms with E-state index in [-0.39, 0.29) is 38.6 Å². The molecule has 4 aromatic rings. The van der Waals surface area contributed by atoms with Crippen molar-refractivity contribution in [1.82, 2.24) is 25.4 Å². The van der Waals surface area contributed by atoms with Gasteiger partial charge in [-0.3, -0.25) is 24.4 Å². The molecule has 1 saturated heterocycles. The minimum atomic E-state index is -4.59. The number of ether oxygens (including phenoxy) is 1. The number of furan rings is 1. The summed E-state index contributed by atoms with van der Waals surface area (Å²) in [5, 5.41) is 30.9.